The van der Waals surface area contributed by atoms with E-state index in [0.29, 0.717) is 23.7 Å². The number of sulfonamides is 1. The second kappa shape index (κ2) is 11.9. The molecule has 1 amide bonds. The molecule has 0 atom stereocenters. The summed E-state index contributed by atoms with van der Waals surface area (Å²) >= 11 is 1.51. The van der Waals surface area contributed by atoms with Crippen LogP contribution in [0.3, 0.4) is 0 Å². The number of amides is 1. The number of aromatic nitrogens is 1. The van der Waals surface area contributed by atoms with Gasteiger partial charge in [-0.05, 0) is 61.4 Å². The lowest BCUT2D eigenvalue weighted by molar-refractivity contribution is -0.119. The average Bonchev–Trinajstić information content (AvgIpc) is 2.84. The molecule has 0 saturated heterocycles. The molecular weight excluding hydrogens is 486 g/mol. The van der Waals surface area contributed by atoms with Crippen molar-refractivity contribution in [3.63, 3.8) is 0 Å². The van der Waals surface area contributed by atoms with Gasteiger partial charge >= 0.3 is 0 Å². The first-order valence-corrected chi connectivity index (χ1v) is 13.3. The summed E-state index contributed by atoms with van der Waals surface area (Å²) in [4.78, 5) is 17.1. The molecule has 0 spiro atoms. The molecular formula is C25H29N3O5S2. The Bertz CT molecular complexity index is 1250. The zero-order valence-electron chi connectivity index (χ0n) is 20.1. The fourth-order valence-corrected chi connectivity index (χ4v) is 5.62. The monoisotopic (exact) mass is 515 g/mol. The number of nitrogens with one attached hydrogen (secondary N) is 1. The van der Waals surface area contributed by atoms with Crippen molar-refractivity contribution in [3.8, 4) is 11.5 Å². The van der Waals surface area contributed by atoms with Crippen LogP contribution in [0.15, 0.2) is 70.7 Å². The molecule has 10 heteroatoms. The maximum absolute atomic E-state index is 13.7. The van der Waals surface area contributed by atoms with Crippen LogP contribution >= 0.6 is 11.8 Å². The fourth-order valence-electron chi connectivity index (χ4n) is 3.48. The van der Waals surface area contributed by atoms with E-state index in [1.54, 1.807) is 18.3 Å². The lowest BCUT2D eigenvalue weighted by Gasteiger charge is -2.25. The number of carbonyl (C=O) groups excluding carboxylic acids is 1. The second-order valence-corrected chi connectivity index (χ2v) is 10.7. The first-order chi connectivity index (χ1) is 16.7. The van der Waals surface area contributed by atoms with Crippen LogP contribution in [-0.2, 0) is 14.8 Å². The first kappa shape index (κ1) is 26.4. The Morgan fingerprint density at radius 3 is 2.34 bits per heavy atom. The van der Waals surface area contributed by atoms with Crippen molar-refractivity contribution in [2.75, 3.05) is 37.4 Å². The number of anilines is 1. The minimum Gasteiger partial charge on any atom is -0.493 e. The number of hydrogen-bond donors (Lipinski definition) is 1. The summed E-state index contributed by atoms with van der Waals surface area (Å²) in [7, 11) is -1.18. The van der Waals surface area contributed by atoms with Crippen molar-refractivity contribution >= 4 is 33.4 Å². The van der Waals surface area contributed by atoms with E-state index in [-0.39, 0.29) is 17.2 Å². The Labute approximate surface area is 210 Å². The zero-order valence-corrected chi connectivity index (χ0v) is 21.8. The molecule has 0 aliphatic rings. The largest absolute Gasteiger partial charge is 0.493 e. The van der Waals surface area contributed by atoms with Gasteiger partial charge in [0.15, 0.2) is 11.5 Å². The zero-order chi connectivity index (χ0) is 25.4. The van der Waals surface area contributed by atoms with E-state index < -0.39 is 15.9 Å². The Morgan fingerprint density at radius 1 is 1.00 bits per heavy atom. The van der Waals surface area contributed by atoms with Crippen molar-refractivity contribution in [2.45, 2.75) is 23.8 Å². The number of nitrogens with zero attached hydrogens (tertiary/aromatic N) is 2. The molecule has 1 N–H and O–H groups in total. The Hall–Kier alpha value is -3.24. The van der Waals surface area contributed by atoms with Crippen molar-refractivity contribution < 1.29 is 22.7 Å². The van der Waals surface area contributed by atoms with Gasteiger partial charge in [-0.15, -0.1) is 11.8 Å². The SMILES string of the molecule is COc1ccc(S(=O)(=O)N(CC(=O)NCCSc2ccccn2)c2cc(C)cc(C)c2)cc1OC. The van der Waals surface area contributed by atoms with Crippen molar-refractivity contribution in [1.29, 1.82) is 0 Å². The maximum atomic E-state index is 13.7. The highest BCUT2D eigenvalue weighted by molar-refractivity contribution is 7.99. The van der Waals surface area contributed by atoms with Gasteiger partial charge in [-0.3, -0.25) is 9.10 Å². The van der Waals surface area contributed by atoms with E-state index >= 15 is 0 Å². The summed E-state index contributed by atoms with van der Waals surface area (Å²) in [6, 6.07) is 15.4. The highest BCUT2D eigenvalue weighted by Crippen LogP contribution is 2.32. The van der Waals surface area contributed by atoms with Crippen LogP contribution in [0, 0.1) is 13.8 Å². The van der Waals surface area contributed by atoms with Crippen LogP contribution in [0.25, 0.3) is 0 Å². The minimum absolute atomic E-state index is 0.00665. The summed E-state index contributed by atoms with van der Waals surface area (Å²) in [6.07, 6.45) is 1.71. The molecule has 2 aromatic carbocycles. The Kier molecular flexibility index (Phi) is 9.00. The molecule has 0 saturated carbocycles. The molecule has 186 valence electrons. The number of carbonyl (C=O) groups is 1. The van der Waals surface area contributed by atoms with Gasteiger partial charge in [0.05, 0.1) is 29.8 Å². The van der Waals surface area contributed by atoms with E-state index in [9.17, 15) is 13.2 Å². The van der Waals surface area contributed by atoms with E-state index in [2.05, 4.69) is 10.3 Å². The number of ether oxygens (including phenoxy) is 2. The van der Waals surface area contributed by atoms with Gasteiger partial charge in [-0.25, -0.2) is 13.4 Å². The molecule has 35 heavy (non-hydrogen) atoms. The normalized spacial score (nSPS) is 11.1. The van der Waals surface area contributed by atoms with Crippen molar-refractivity contribution in [3.05, 3.63) is 71.9 Å². The molecule has 0 fully saturated rings. The molecule has 1 heterocycles. The predicted octanol–water partition coefficient (Wildman–Crippen LogP) is 3.82. The molecule has 0 unspecified atom stereocenters. The standard InChI is InChI=1S/C25H29N3O5S2/c1-18-13-19(2)15-20(14-18)28(17-24(29)26-11-12-34-25-7-5-6-10-27-25)35(30,31)21-8-9-22(32-3)23(16-21)33-4/h5-10,13-16H,11-12,17H2,1-4H3,(H,26,29). The molecule has 0 aliphatic carbocycles. The van der Waals surface area contributed by atoms with Gasteiger partial charge in [-0.2, -0.15) is 0 Å². The van der Waals surface area contributed by atoms with E-state index in [1.807, 2.05) is 38.1 Å². The number of rotatable bonds is 11. The minimum atomic E-state index is -4.09. The van der Waals surface area contributed by atoms with Crippen LogP contribution in [0.1, 0.15) is 11.1 Å². The molecule has 0 aliphatic heterocycles. The summed E-state index contributed by atoms with van der Waals surface area (Å²) in [6.45, 7) is 3.77. The fraction of sp³-hybridized carbons (Fsp3) is 0.280. The number of hydrogen-bond acceptors (Lipinski definition) is 7. The third-order valence-electron chi connectivity index (χ3n) is 5.04. The average molecular weight is 516 g/mol. The molecule has 0 radical (unpaired) electrons. The smallest absolute Gasteiger partial charge is 0.264 e. The van der Waals surface area contributed by atoms with Gasteiger partial charge in [-0.1, -0.05) is 12.1 Å². The topological polar surface area (TPSA) is 97.8 Å². The van der Waals surface area contributed by atoms with Crippen molar-refractivity contribution in [1.82, 2.24) is 10.3 Å². The number of methoxy groups -OCH3 is 2. The van der Waals surface area contributed by atoms with E-state index in [1.165, 1.54) is 44.2 Å². The number of benzene rings is 2. The number of aryl methyl sites for hydroxylation is 2. The lowest BCUT2D eigenvalue weighted by Crippen LogP contribution is -2.41. The van der Waals surface area contributed by atoms with Gasteiger partial charge in [0.25, 0.3) is 10.0 Å². The number of thioether (sulfide) groups is 1. The van der Waals surface area contributed by atoms with E-state index in [4.69, 9.17) is 9.47 Å². The predicted molar refractivity (Wildman–Crippen MR) is 138 cm³/mol. The van der Waals surface area contributed by atoms with Crippen LogP contribution in [0.5, 0.6) is 11.5 Å². The third-order valence-corrected chi connectivity index (χ3v) is 7.75. The molecule has 0 bridgehead atoms. The first-order valence-electron chi connectivity index (χ1n) is 10.9. The van der Waals surface area contributed by atoms with Gasteiger partial charge in [0.2, 0.25) is 5.91 Å². The summed E-state index contributed by atoms with van der Waals surface area (Å²) < 4.78 is 39.1. The van der Waals surface area contributed by atoms with Crippen LogP contribution in [0.4, 0.5) is 5.69 Å². The van der Waals surface area contributed by atoms with Gasteiger partial charge in [0.1, 0.15) is 6.54 Å². The van der Waals surface area contributed by atoms with Gasteiger partial charge < -0.3 is 14.8 Å². The third kappa shape index (κ3) is 6.89. The summed E-state index contributed by atoms with van der Waals surface area (Å²) in [5.41, 5.74) is 2.19. The highest BCUT2D eigenvalue weighted by Gasteiger charge is 2.28. The van der Waals surface area contributed by atoms with Crippen LogP contribution in [0.2, 0.25) is 0 Å². The summed E-state index contributed by atoms with van der Waals surface area (Å²) in [5.74, 6) is 0.890. The van der Waals surface area contributed by atoms with Crippen LogP contribution in [-0.4, -0.2) is 52.4 Å². The van der Waals surface area contributed by atoms with Crippen molar-refractivity contribution in [2.24, 2.45) is 0 Å². The highest BCUT2D eigenvalue weighted by atomic mass is 32.2. The van der Waals surface area contributed by atoms with Crippen LogP contribution < -0.4 is 19.1 Å². The molecule has 3 rings (SSSR count). The Morgan fingerprint density at radius 2 is 1.71 bits per heavy atom. The summed E-state index contributed by atoms with van der Waals surface area (Å²) in [5, 5.41) is 3.66. The molecule has 3 aromatic rings. The van der Waals surface area contributed by atoms with E-state index in [0.717, 1.165) is 20.5 Å². The van der Waals surface area contributed by atoms with Gasteiger partial charge in [0, 0.05) is 24.6 Å². The quantitative estimate of drug-likeness (QED) is 0.306. The Balaban J connectivity index is 1.83. The molecule has 1 aromatic heterocycles. The lowest BCUT2D eigenvalue weighted by atomic mass is 10.1. The maximum Gasteiger partial charge on any atom is 0.264 e. The second-order valence-electron chi connectivity index (χ2n) is 7.74. The molecule has 8 nitrogen and oxygen atoms in total. The number of pyridine rings is 1.